The lowest BCUT2D eigenvalue weighted by molar-refractivity contribution is 0.0948. The smallest absolute Gasteiger partial charge is 0.312 e. The lowest BCUT2D eigenvalue weighted by Gasteiger charge is -2.05. The summed E-state index contributed by atoms with van der Waals surface area (Å²) in [5.74, 6) is 0.147. The number of nitrogens with zero attached hydrogens (tertiary/aromatic N) is 2. The first-order valence-corrected chi connectivity index (χ1v) is 4.94. The van der Waals surface area contributed by atoms with E-state index in [0.717, 1.165) is 0 Å². The molecular formula is C9H14N6O2. The Balaban J connectivity index is 2.43. The first-order chi connectivity index (χ1) is 8.13. The minimum absolute atomic E-state index is 0.205. The van der Waals surface area contributed by atoms with E-state index in [0.29, 0.717) is 5.82 Å². The molecule has 1 heterocycles. The van der Waals surface area contributed by atoms with Crippen molar-refractivity contribution >= 4 is 17.8 Å². The summed E-state index contributed by atoms with van der Waals surface area (Å²) < 4.78 is 0. The van der Waals surface area contributed by atoms with Crippen LogP contribution < -0.4 is 21.7 Å². The summed E-state index contributed by atoms with van der Waals surface area (Å²) in [7, 11) is 1.68. The molecule has 8 heteroatoms. The van der Waals surface area contributed by atoms with E-state index in [1.807, 2.05) is 0 Å². The summed E-state index contributed by atoms with van der Waals surface area (Å²) in [5, 5.41) is 7.69. The van der Waals surface area contributed by atoms with Gasteiger partial charge in [-0.1, -0.05) is 0 Å². The molecule has 3 amide bonds. The molecule has 0 aromatic carbocycles. The summed E-state index contributed by atoms with van der Waals surface area (Å²) in [6.45, 7) is 0.535. The predicted molar refractivity (Wildman–Crippen MR) is 61.5 cm³/mol. The van der Waals surface area contributed by atoms with Crippen LogP contribution >= 0.6 is 0 Å². The van der Waals surface area contributed by atoms with Crippen molar-refractivity contribution in [1.82, 2.24) is 20.6 Å². The highest BCUT2D eigenvalue weighted by atomic mass is 16.2. The molecule has 0 saturated heterocycles. The van der Waals surface area contributed by atoms with E-state index >= 15 is 0 Å². The number of carbonyl (C=O) groups is 2. The zero-order valence-electron chi connectivity index (χ0n) is 9.36. The molecule has 1 aromatic heterocycles. The molecular weight excluding hydrogens is 224 g/mol. The van der Waals surface area contributed by atoms with Gasteiger partial charge in [-0.15, -0.1) is 0 Å². The highest BCUT2D eigenvalue weighted by Crippen LogP contribution is 2.00. The van der Waals surface area contributed by atoms with Crippen LogP contribution in [0.4, 0.5) is 10.6 Å². The van der Waals surface area contributed by atoms with Crippen molar-refractivity contribution in [2.75, 3.05) is 25.5 Å². The quantitative estimate of drug-likeness (QED) is 0.486. The third kappa shape index (κ3) is 4.33. The van der Waals surface area contributed by atoms with Crippen LogP contribution in [0.5, 0.6) is 0 Å². The number of amides is 3. The van der Waals surface area contributed by atoms with Crippen LogP contribution in [0.3, 0.4) is 0 Å². The normalized spacial score (nSPS) is 9.47. The molecule has 0 aliphatic carbocycles. The van der Waals surface area contributed by atoms with Crippen molar-refractivity contribution in [2.45, 2.75) is 0 Å². The summed E-state index contributed by atoms with van der Waals surface area (Å²) in [6.07, 6.45) is 2.86. The first-order valence-electron chi connectivity index (χ1n) is 4.94. The SMILES string of the molecule is CNc1cncc(C(=O)NCCNC(N)=O)n1. The molecule has 0 aliphatic heterocycles. The van der Waals surface area contributed by atoms with E-state index in [4.69, 9.17) is 5.73 Å². The summed E-state index contributed by atoms with van der Waals surface area (Å²) in [6, 6.07) is -0.628. The minimum atomic E-state index is -0.628. The molecule has 8 nitrogen and oxygen atoms in total. The van der Waals surface area contributed by atoms with Gasteiger partial charge in [-0.25, -0.2) is 9.78 Å². The molecule has 0 spiro atoms. The van der Waals surface area contributed by atoms with E-state index in [1.54, 1.807) is 7.05 Å². The predicted octanol–water partition coefficient (Wildman–Crippen LogP) is -1.08. The standard InChI is InChI=1S/C9H14N6O2/c1-11-7-5-12-4-6(15-7)8(16)13-2-3-14-9(10)17/h4-5H,2-3H2,1H3,(H,11,15)(H,13,16)(H3,10,14,17). The third-order valence-corrected chi connectivity index (χ3v) is 1.83. The number of nitrogens with two attached hydrogens (primary N) is 1. The largest absolute Gasteiger partial charge is 0.372 e. The Morgan fingerprint density at radius 3 is 2.65 bits per heavy atom. The number of hydrogen-bond acceptors (Lipinski definition) is 5. The number of anilines is 1. The average Bonchev–Trinajstić information content (AvgIpc) is 2.34. The highest BCUT2D eigenvalue weighted by molar-refractivity contribution is 5.92. The van der Waals surface area contributed by atoms with Gasteiger partial charge in [0.1, 0.15) is 11.5 Å². The van der Waals surface area contributed by atoms with E-state index in [2.05, 4.69) is 25.9 Å². The maximum atomic E-state index is 11.6. The van der Waals surface area contributed by atoms with Crippen LogP contribution in [0.2, 0.25) is 0 Å². The van der Waals surface area contributed by atoms with Gasteiger partial charge in [-0.2, -0.15) is 0 Å². The number of hydrogen-bond donors (Lipinski definition) is 4. The second kappa shape index (κ2) is 6.26. The fraction of sp³-hybridized carbons (Fsp3) is 0.333. The van der Waals surface area contributed by atoms with Crippen molar-refractivity contribution in [2.24, 2.45) is 5.73 Å². The molecule has 1 aromatic rings. The Kier molecular flexibility index (Phi) is 4.67. The van der Waals surface area contributed by atoms with Crippen molar-refractivity contribution < 1.29 is 9.59 Å². The average molecular weight is 238 g/mol. The molecule has 0 atom stereocenters. The summed E-state index contributed by atoms with van der Waals surface area (Å²) in [5.41, 5.74) is 5.07. The van der Waals surface area contributed by atoms with Crippen molar-refractivity contribution in [3.05, 3.63) is 18.1 Å². The fourth-order valence-corrected chi connectivity index (χ4v) is 1.05. The van der Waals surface area contributed by atoms with Crippen molar-refractivity contribution in [3.8, 4) is 0 Å². The first kappa shape index (κ1) is 12.7. The maximum Gasteiger partial charge on any atom is 0.312 e. The van der Waals surface area contributed by atoms with Crippen molar-refractivity contribution in [3.63, 3.8) is 0 Å². The monoisotopic (exact) mass is 238 g/mol. The van der Waals surface area contributed by atoms with E-state index in [-0.39, 0.29) is 24.7 Å². The lowest BCUT2D eigenvalue weighted by Crippen LogP contribution is -2.37. The second-order valence-corrected chi connectivity index (χ2v) is 3.09. The molecule has 5 N–H and O–H groups in total. The third-order valence-electron chi connectivity index (χ3n) is 1.83. The van der Waals surface area contributed by atoms with Gasteiger partial charge in [-0.3, -0.25) is 9.78 Å². The number of nitrogens with one attached hydrogen (secondary N) is 3. The minimum Gasteiger partial charge on any atom is -0.372 e. The Bertz CT molecular complexity index is 408. The van der Waals surface area contributed by atoms with Crippen LogP contribution in [-0.4, -0.2) is 42.0 Å². The van der Waals surface area contributed by atoms with E-state index in [1.165, 1.54) is 12.4 Å². The van der Waals surface area contributed by atoms with Gasteiger partial charge in [0.15, 0.2) is 0 Å². The van der Waals surface area contributed by atoms with E-state index in [9.17, 15) is 9.59 Å². The Morgan fingerprint density at radius 2 is 2.00 bits per heavy atom. The van der Waals surface area contributed by atoms with Crippen LogP contribution in [0, 0.1) is 0 Å². The van der Waals surface area contributed by atoms with E-state index < -0.39 is 6.03 Å². The van der Waals surface area contributed by atoms with Gasteiger partial charge in [0.05, 0.1) is 12.4 Å². The molecule has 1 rings (SSSR count). The Labute approximate surface area is 98.0 Å². The van der Waals surface area contributed by atoms with Crippen LogP contribution in [0.25, 0.3) is 0 Å². The summed E-state index contributed by atoms with van der Waals surface area (Å²) in [4.78, 5) is 29.8. The van der Waals surface area contributed by atoms with Gasteiger partial charge < -0.3 is 21.7 Å². The molecule has 0 aliphatic rings. The molecule has 0 radical (unpaired) electrons. The number of urea groups is 1. The van der Waals surface area contributed by atoms with Gasteiger partial charge in [-0.05, 0) is 0 Å². The molecule has 0 fully saturated rings. The molecule has 0 bridgehead atoms. The van der Waals surface area contributed by atoms with Gasteiger partial charge in [0.25, 0.3) is 5.91 Å². The zero-order chi connectivity index (χ0) is 12.7. The topological polar surface area (TPSA) is 122 Å². The van der Waals surface area contributed by atoms with Crippen LogP contribution in [-0.2, 0) is 0 Å². The molecule has 0 saturated carbocycles. The van der Waals surface area contributed by atoms with Crippen LogP contribution in [0.1, 0.15) is 10.5 Å². The van der Waals surface area contributed by atoms with Crippen molar-refractivity contribution in [1.29, 1.82) is 0 Å². The Hall–Kier alpha value is -2.38. The van der Waals surface area contributed by atoms with Gasteiger partial charge in [0, 0.05) is 20.1 Å². The maximum absolute atomic E-state index is 11.6. The molecule has 0 unspecified atom stereocenters. The lowest BCUT2D eigenvalue weighted by atomic mass is 10.4. The molecule has 17 heavy (non-hydrogen) atoms. The number of aromatic nitrogens is 2. The number of carbonyl (C=O) groups excluding carboxylic acids is 2. The zero-order valence-corrected chi connectivity index (χ0v) is 9.36. The number of rotatable bonds is 5. The van der Waals surface area contributed by atoms with Gasteiger partial charge >= 0.3 is 6.03 Å². The summed E-state index contributed by atoms with van der Waals surface area (Å²) >= 11 is 0. The number of primary amides is 1. The van der Waals surface area contributed by atoms with Crippen LogP contribution in [0.15, 0.2) is 12.4 Å². The fourth-order valence-electron chi connectivity index (χ4n) is 1.05. The second-order valence-electron chi connectivity index (χ2n) is 3.09. The molecule has 92 valence electrons. The van der Waals surface area contributed by atoms with Gasteiger partial charge in [0.2, 0.25) is 0 Å². The Morgan fingerprint density at radius 1 is 1.29 bits per heavy atom. The highest BCUT2D eigenvalue weighted by Gasteiger charge is 2.07.